The highest BCUT2D eigenvalue weighted by Gasteiger charge is 2.30. The lowest BCUT2D eigenvalue weighted by Crippen LogP contribution is -2.44. The number of aryl methyl sites for hydroxylation is 1. The van der Waals surface area contributed by atoms with Gasteiger partial charge in [-0.3, -0.25) is 0 Å². The first kappa shape index (κ1) is 17.8. The van der Waals surface area contributed by atoms with Gasteiger partial charge in [0.05, 0.1) is 13.1 Å². The molecule has 4 nitrogen and oxygen atoms in total. The number of nitrogens with one attached hydrogen (secondary N) is 2. The second-order valence-corrected chi connectivity index (χ2v) is 6.84. The van der Waals surface area contributed by atoms with Gasteiger partial charge in [0.1, 0.15) is 5.60 Å². The van der Waals surface area contributed by atoms with E-state index in [-0.39, 0.29) is 0 Å². The predicted molar refractivity (Wildman–Crippen MR) is 79.9 cm³/mol. The van der Waals surface area contributed by atoms with Crippen LogP contribution in [-0.4, -0.2) is 30.7 Å². The topological polar surface area (TPSA) is 50.4 Å². The molecular weight excluding hydrogens is 298 g/mol. The third-order valence-corrected chi connectivity index (χ3v) is 3.55. The fraction of sp³-hybridized carbons (Fsp3) is 0.643. The van der Waals surface area contributed by atoms with E-state index in [1.165, 1.54) is 11.3 Å². The van der Waals surface area contributed by atoms with Crippen molar-refractivity contribution >= 4 is 17.4 Å². The maximum Gasteiger partial charge on any atom is 0.407 e. The standard InChI is InChI=1S/C14H22F2N2O2S/c1-10-5-6-21-11(10)7-17-8-14(15,16)9-18-12(19)20-13(2,3)4/h5-6,17H,7-9H2,1-4H3,(H,18,19). The third kappa shape index (κ3) is 7.38. The number of hydrogen-bond acceptors (Lipinski definition) is 4. The molecule has 0 spiro atoms. The number of thiophene rings is 1. The highest BCUT2D eigenvalue weighted by atomic mass is 32.1. The maximum atomic E-state index is 13.6. The van der Waals surface area contributed by atoms with Gasteiger partial charge in [-0.05, 0) is 44.7 Å². The van der Waals surface area contributed by atoms with E-state index in [9.17, 15) is 13.6 Å². The fourth-order valence-electron chi connectivity index (χ4n) is 1.52. The summed E-state index contributed by atoms with van der Waals surface area (Å²) in [7, 11) is 0. The number of rotatable bonds is 6. The molecule has 0 bridgehead atoms. The Morgan fingerprint density at radius 1 is 1.33 bits per heavy atom. The monoisotopic (exact) mass is 320 g/mol. The van der Waals surface area contributed by atoms with Crippen LogP contribution < -0.4 is 10.6 Å². The Morgan fingerprint density at radius 2 is 2.00 bits per heavy atom. The summed E-state index contributed by atoms with van der Waals surface area (Å²) in [5, 5.41) is 6.72. The quantitative estimate of drug-likeness (QED) is 0.845. The van der Waals surface area contributed by atoms with E-state index in [1.807, 2.05) is 18.4 Å². The summed E-state index contributed by atoms with van der Waals surface area (Å²) in [6.07, 6.45) is -0.837. The van der Waals surface area contributed by atoms with Gasteiger partial charge in [-0.15, -0.1) is 11.3 Å². The Morgan fingerprint density at radius 3 is 2.52 bits per heavy atom. The Kier molecular flexibility index (Phi) is 6.10. The number of alkyl halides is 2. The van der Waals surface area contributed by atoms with E-state index in [0.717, 1.165) is 10.4 Å². The van der Waals surface area contributed by atoms with Gasteiger partial charge < -0.3 is 15.4 Å². The maximum absolute atomic E-state index is 13.6. The smallest absolute Gasteiger partial charge is 0.407 e. The van der Waals surface area contributed by atoms with Crippen LogP contribution in [0.1, 0.15) is 31.2 Å². The first-order chi connectivity index (χ1) is 9.59. The summed E-state index contributed by atoms with van der Waals surface area (Å²) in [4.78, 5) is 12.4. The van der Waals surface area contributed by atoms with Crippen LogP contribution in [0.2, 0.25) is 0 Å². The Balaban J connectivity index is 2.30. The van der Waals surface area contributed by atoms with Crippen LogP contribution in [0.15, 0.2) is 11.4 Å². The van der Waals surface area contributed by atoms with E-state index in [2.05, 4.69) is 10.6 Å². The highest BCUT2D eigenvalue weighted by Crippen LogP contribution is 2.16. The number of amides is 1. The number of carbonyl (C=O) groups is 1. The molecule has 0 atom stereocenters. The number of hydrogen-bond donors (Lipinski definition) is 2. The van der Waals surface area contributed by atoms with Crippen molar-refractivity contribution in [3.8, 4) is 0 Å². The van der Waals surface area contributed by atoms with Crippen molar-refractivity contribution in [3.05, 3.63) is 21.9 Å². The van der Waals surface area contributed by atoms with Crippen LogP contribution in [0.3, 0.4) is 0 Å². The molecule has 1 heterocycles. The minimum atomic E-state index is -3.03. The van der Waals surface area contributed by atoms with Crippen molar-refractivity contribution in [1.29, 1.82) is 0 Å². The summed E-state index contributed by atoms with van der Waals surface area (Å²) < 4.78 is 32.1. The zero-order chi connectivity index (χ0) is 16.1. The van der Waals surface area contributed by atoms with Crippen LogP contribution in [0.25, 0.3) is 0 Å². The minimum absolute atomic E-state index is 0.394. The summed E-state index contributed by atoms with van der Waals surface area (Å²) in [5.41, 5.74) is 0.386. The SMILES string of the molecule is Cc1ccsc1CNCC(F)(F)CNC(=O)OC(C)(C)C. The van der Waals surface area contributed by atoms with Crippen molar-refractivity contribution in [2.75, 3.05) is 13.1 Å². The highest BCUT2D eigenvalue weighted by molar-refractivity contribution is 7.10. The van der Waals surface area contributed by atoms with Gasteiger partial charge in [-0.1, -0.05) is 0 Å². The first-order valence-corrected chi connectivity index (χ1v) is 7.55. The molecule has 1 aromatic heterocycles. The van der Waals surface area contributed by atoms with Crippen LogP contribution >= 0.6 is 11.3 Å². The number of alkyl carbamates (subject to hydrolysis) is 1. The van der Waals surface area contributed by atoms with Gasteiger partial charge >= 0.3 is 6.09 Å². The minimum Gasteiger partial charge on any atom is -0.444 e. The molecule has 1 rings (SSSR count). The largest absolute Gasteiger partial charge is 0.444 e. The Hall–Kier alpha value is -1.21. The number of halogens is 2. The van der Waals surface area contributed by atoms with Crippen molar-refractivity contribution in [3.63, 3.8) is 0 Å². The normalized spacial score (nSPS) is 12.3. The molecule has 0 aliphatic heterocycles. The van der Waals surface area contributed by atoms with Gasteiger partial charge in [-0.2, -0.15) is 0 Å². The molecule has 0 saturated carbocycles. The Labute approximate surface area is 127 Å². The molecule has 120 valence electrons. The summed E-state index contributed by atoms with van der Waals surface area (Å²) >= 11 is 1.53. The lowest BCUT2D eigenvalue weighted by atomic mass is 10.2. The molecule has 2 N–H and O–H groups in total. The van der Waals surface area contributed by atoms with Crippen LogP contribution in [0, 0.1) is 6.92 Å². The third-order valence-electron chi connectivity index (χ3n) is 2.53. The van der Waals surface area contributed by atoms with Gasteiger partial charge in [-0.25, -0.2) is 13.6 Å². The molecule has 7 heteroatoms. The van der Waals surface area contributed by atoms with E-state index in [4.69, 9.17) is 4.74 Å². The molecule has 0 radical (unpaired) electrons. The summed E-state index contributed by atoms with van der Waals surface area (Å²) in [6.45, 7) is 6.11. The average molecular weight is 320 g/mol. The molecule has 1 aromatic rings. The lowest BCUT2D eigenvalue weighted by molar-refractivity contribution is -0.00372. The van der Waals surface area contributed by atoms with E-state index in [1.54, 1.807) is 20.8 Å². The first-order valence-electron chi connectivity index (χ1n) is 6.67. The molecule has 0 aliphatic carbocycles. The van der Waals surface area contributed by atoms with E-state index < -0.39 is 30.7 Å². The molecule has 0 saturated heterocycles. The Bertz CT molecular complexity index is 470. The van der Waals surface area contributed by atoms with Crippen molar-refractivity contribution in [2.45, 2.75) is 45.8 Å². The molecule has 0 unspecified atom stereocenters. The zero-order valence-electron chi connectivity index (χ0n) is 12.8. The predicted octanol–water partition coefficient (Wildman–Crippen LogP) is 3.31. The summed E-state index contributed by atoms with van der Waals surface area (Å²) in [6, 6.07) is 1.95. The molecule has 1 amide bonds. The number of ether oxygens (including phenoxy) is 1. The van der Waals surface area contributed by atoms with Gasteiger partial charge in [0.2, 0.25) is 0 Å². The molecular formula is C14H22F2N2O2S. The van der Waals surface area contributed by atoms with Gasteiger partial charge in [0, 0.05) is 11.4 Å². The van der Waals surface area contributed by atoms with Gasteiger partial charge in [0.25, 0.3) is 5.92 Å². The fourth-order valence-corrected chi connectivity index (χ4v) is 2.40. The van der Waals surface area contributed by atoms with Crippen LogP contribution in [0.5, 0.6) is 0 Å². The average Bonchev–Trinajstić information content (AvgIpc) is 2.71. The second-order valence-electron chi connectivity index (χ2n) is 5.84. The molecule has 0 aromatic carbocycles. The van der Waals surface area contributed by atoms with Crippen LogP contribution in [-0.2, 0) is 11.3 Å². The lowest BCUT2D eigenvalue weighted by Gasteiger charge is -2.22. The van der Waals surface area contributed by atoms with Crippen molar-refractivity contribution in [1.82, 2.24) is 10.6 Å². The van der Waals surface area contributed by atoms with Gasteiger partial charge in [0.15, 0.2) is 0 Å². The second kappa shape index (κ2) is 7.17. The van der Waals surface area contributed by atoms with E-state index in [0.29, 0.717) is 6.54 Å². The van der Waals surface area contributed by atoms with Crippen molar-refractivity contribution in [2.24, 2.45) is 0 Å². The zero-order valence-corrected chi connectivity index (χ0v) is 13.6. The number of carbonyl (C=O) groups excluding carboxylic acids is 1. The summed E-state index contributed by atoms with van der Waals surface area (Å²) in [5.74, 6) is -3.03. The van der Waals surface area contributed by atoms with Crippen LogP contribution in [0.4, 0.5) is 13.6 Å². The van der Waals surface area contributed by atoms with E-state index >= 15 is 0 Å². The van der Waals surface area contributed by atoms with Crippen molar-refractivity contribution < 1.29 is 18.3 Å². The molecule has 0 fully saturated rings. The molecule has 0 aliphatic rings. The molecule has 21 heavy (non-hydrogen) atoms.